The Labute approximate surface area is 191 Å². The molecule has 5 rings (SSSR count). The maximum absolute atomic E-state index is 15.0. The Morgan fingerprint density at radius 3 is 2.58 bits per heavy atom. The van der Waals surface area contributed by atoms with Crippen molar-refractivity contribution >= 4 is 11.7 Å². The molecule has 0 atom stereocenters. The highest BCUT2D eigenvalue weighted by atomic mass is 19.1. The summed E-state index contributed by atoms with van der Waals surface area (Å²) in [6, 6.07) is 10.8. The van der Waals surface area contributed by atoms with Crippen molar-refractivity contribution in [3.63, 3.8) is 0 Å². The van der Waals surface area contributed by atoms with Gasteiger partial charge in [-0.05, 0) is 67.1 Å². The SMILES string of the molecule is CC(C)N1CCc2cc(-c3cc(-c4cc5c(cc4F)C(=O)NCC5)c(N)nc3F)ccc2C1. The van der Waals surface area contributed by atoms with E-state index in [2.05, 4.69) is 29.0 Å². The number of carbonyl (C=O) groups excluding carboxylic acids is 1. The number of benzene rings is 2. The summed E-state index contributed by atoms with van der Waals surface area (Å²) in [4.78, 5) is 18.3. The summed E-state index contributed by atoms with van der Waals surface area (Å²) in [5.74, 6) is -1.65. The van der Waals surface area contributed by atoms with Gasteiger partial charge in [0, 0.05) is 47.9 Å². The third kappa shape index (κ3) is 3.86. The lowest BCUT2D eigenvalue weighted by Crippen LogP contribution is -2.35. The second-order valence-corrected chi connectivity index (χ2v) is 9.05. The fraction of sp³-hybridized carbons (Fsp3) is 0.308. The van der Waals surface area contributed by atoms with Gasteiger partial charge in [0.2, 0.25) is 5.95 Å². The molecule has 3 aromatic rings. The van der Waals surface area contributed by atoms with E-state index in [1.165, 1.54) is 17.2 Å². The number of nitrogens with two attached hydrogens (primary N) is 1. The van der Waals surface area contributed by atoms with E-state index in [9.17, 15) is 9.18 Å². The van der Waals surface area contributed by atoms with Crippen LogP contribution in [-0.4, -0.2) is 34.9 Å². The summed E-state index contributed by atoms with van der Waals surface area (Å²) < 4.78 is 29.9. The van der Waals surface area contributed by atoms with Gasteiger partial charge in [-0.15, -0.1) is 0 Å². The van der Waals surface area contributed by atoms with Crippen LogP contribution in [0.5, 0.6) is 0 Å². The number of pyridine rings is 1. The highest BCUT2D eigenvalue weighted by molar-refractivity contribution is 5.97. The van der Waals surface area contributed by atoms with Crippen molar-refractivity contribution in [2.24, 2.45) is 0 Å². The van der Waals surface area contributed by atoms with Crippen molar-refractivity contribution in [2.75, 3.05) is 18.8 Å². The van der Waals surface area contributed by atoms with Crippen LogP contribution < -0.4 is 11.1 Å². The van der Waals surface area contributed by atoms with Gasteiger partial charge >= 0.3 is 0 Å². The fourth-order valence-corrected chi connectivity index (χ4v) is 4.75. The molecule has 0 saturated carbocycles. The Bertz CT molecular complexity index is 1270. The monoisotopic (exact) mass is 448 g/mol. The maximum atomic E-state index is 15.0. The molecule has 3 N–H and O–H groups in total. The van der Waals surface area contributed by atoms with E-state index in [4.69, 9.17) is 5.73 Å². The molecule has 0 unspecified atom stereocenters. The minimum Gasteiger partial charge on any atom is -0.383 e. The number of nitrogen functional groups attached to an aromatic ring is 1. The minimum atomic E-state index is -0.687. The molecular weight excluding hydrogens is 422 g/mol. The number of hydrogen-bond acceptors (Lipinski definition) is 4. The Morgan fingerprint density at radius 2 is 1.79 bits per heavy atom. The van der Waals surface area contributed by atoms with Crippen LogP contribution in [0.1, 0.15) is 40.9 Å². The topological polar surface area (TPSA) is 71.2 Å². The molecule has 7 heteroatoms. The van der Waals surface area contributed by atoms with E-state index in [1.807, 2.05) is 18.2 Å². The standard InChI is InChI=1S/C26H26F2N4O/c1-14(2)32-8-6-15-9-16(3-4-18(15)13-32)19-11-22(25(29)31-24(19)28)21-10-17-5-7-30-26(33)20(17)12-23(21)27/h3-4,9-12,14H,5-8,13H2,1-2H3,(H2,29,31)(H,30,33). The molecule has 0 aliphatic carbocycles. The number of fused-ring (bicyclic) bond motifs is 2. The molecule has 2 aliphatic heterocycles. The molecule has 170 valence electrons. The van der Waals surface area contributed by atoms with E-state index in [0.29, 0.717) is 35.7 Å². The number of nitrogens with zero attached hydrogens (tertiary/aromatic N) is 2. The van der Waals surface area contributed by atoms with Crippen LogP contribution in [-0.2, 0) is 19.4 Å². The number of carbonyl (C=O) groups is 1. The molecule has 3 heterocycles. The minimum absolute atomic E-state index is 0.0825. The number of hydrogen-bond donors (Lipinski definition) is 2. The molecule has 1 amide bonds. The first kappa shape index (κ1) is 21.5. The Balaban J connectivity index is 1.57. The molecule has 33 heavy (non-hydrogen) atoms. The first-order valence-corrected chi connectivity index (χ1v) is 11.2. The van der Waals surface area contributed by atoms with E-state index in [1.54, 1.807) is 12.1 Å². The molecule has 0 spiro atoms. The summed E-state index contributed by atoms with van der Waals surface area (Å²) in [7, 11) is 0. The van der Waals surface area contributed by atoms with Gasteiger partial charge in [0.05, 0.1) is 0 Å². The first-order valence-electron chi connectivity index (χ1n) is 11.2. The van der Waals surface area contributed by atoms with Crippen LogP contribution in [0, 0.1) is 11.8 Å². The van der Waals surface area contributed by atoms with Crippen LogP contribution in [0.25, 0.3) is 22.3 Å². The molecule has 0 radical (unpaired) electrons. The number of aromatic nitrogens is 1. The van der Waals surface area contributed by atoms with Crippen molar-refractivity contribution in [1.29, 1.82) is 0 Å². The zero-order valence-electron chi connectivity index (χ0n) is 18.7. The number of rotatable bonds is 3. The van der Waals surface area contributed by atoms with E-state index >= 15 is 4.39 Å². The van der Waals surface area contributed by atoms with Gasteiger partial charge in [-0.25, -0.2) is 9.37 Å². The smallest absolute Gasteiger partial charge is 0.251 e. The van der Waals surface area contributed by atoms with Gasteiger partial charge in [-0.3, -0.25) is 9.69 Å². The molecular formula is C26H26F2N4O. The molecule has 5 nitrogen and oxygen atoms in total. The largest absolute Gasteiger partial charge is 0.383 e. The second-order valence-electron chi connectivity index (χ2n) is 9.05. The quantitative estimate of drug-likeness (QED) is 0.585. The zero-order valence-corrected chi connectivity index (χ0v) is 18.7. The summed E-state index contributed by atoms with van der Waals surface area (Å²) in [5, 5.41) is 2.71. The molecule has 0 saturated heterocycles. The van der Waals surface area contributed by atoms with Crippen molar-refractivity contribution in [1.82, 2.24) is 15.2 Å². The van der Waals surface area contributed by atoms with Crippen LogP contribution in [0.2, 0.25) is 0 Å². The second kappa shape index (κ2) is 8.23. The van der Waals surface area contributed by atoms with Crippen molar-refractivity contribution in [2.45, 2.75) is 39.3 Å². The van der Waals surface area contributed by atoms with Crippen LogP contribution >= 0.6 is 0 Å². The van der Waals surface area contributed by atoms with Gasteiger partial charge in [0.15, 0.2) is 0 Å². The predicted octanol–water partition coefficient (Wildman–Crippen LogP) is 4.33. The summed E-state index contributed by atoms with van der Waals surface area (Å²) in [5.41, 5.74) is 11.0. The van der Waals surface area contributed by atoms with Crippen LogP contribution in [0.4, 0.5) is 14.6 Å². The lowest BCUT2D eigenvalue weighted by molar-refractivity contribution is 0.0945. The van der Waals surface area contributed by atoms with Gasteiger partial charge < -0.3 is 11.1 Å². The Morgan fingerprint density at radius 1 is 0.970 bits per heavy atom. The predicted molar refractivity (Wildman–Crippen MR) is 125 cm³/mol. The van der Waals surface area contributed by atoms with Gasteiger partial charge in [-0.2, -0.15) is 4.39 Å². The number of halogens is 2. The fourth-order valence-electron chi connectivity index (χ4n) is 4.75. The number of nitrogens with one attached hydrogen (secondary N) is 1. The summed E-state index contributed by atoms with van der Waals surface area (Å²) in [6.45, 7) is 6.68. The molecule has 2 aromatic carbocycles. The number of anilines is 1. The lowest BCUT2D eigenvalue weighted by Gasteiger charge is -2.32. The molecule has 0 bridgehead atoms. The highest BCUT2D eigenvalue weighted by Gasteiger charge is 2.23. The summed E-state index contributed by atoms with van der Waals surface area (Å²) >= 11 is 0. The van der Waals surface area contributed by atoms with Gasteiger partial charge in [-0.1, -0.05) is 18.2 Å². The van der Waals surface area contributed by atoms with E-state index < -0.39 is 11.8 Å². The van der Waals surface area contributed by atoms with Crippen LogP contribution in [0.15, 0.2) is 36.4 Å². The molecule has 0 fully saturated rings. The van der Waals surface area contributed by atoms with Gasteiger partial charge in [0.25, 0.3) is 5.91 Å². The van der Waals surface area contributed by atoms with Crippen molar-refractivity contribution in [3.05, 3.63) is 70.4 Å². The normalized spacial score (nSPS) is 15.8. The van der Waals surface area contributed by atoms with Crippen LogP contribution in [0.3, 0.4) is 0 Å². The van der Waals surface area contributed by atoms with Gasteiger partial charge in [0.1, 0.15) is 11.6 Å². The number of amides is 1. The van der Waals surface area contributed by atoms with Crippen molar-refractivity contribution < 1.29 is 13.6 Å². The maximum Gasteiger partial charge on any atom is 0.251 e. The highest BCUT2D eigenvalue weighted by Crippen LogP contribution is 2.36. The average molecular weight is 449 g/mol. The van der Waals surface area contributed by atoms with Crippen molar-refractivity contribution in [3.8, 4) is 22.3 Å². The first-order chi connectivity index (χ1) is 15.8. The third-order valence-electron chi connectivity index (χ3n) is 6.70. The lowest BCUT2D eigenvalue weighted by atomic mass is 9.92. The molecule has 1 aromatic heterocycles. The molecule has 2 aliphatic rings. The van der Waals surface area contributed by atoms with E-state index in [-0.39, 0.29) is 22.9 Å². The Hall–Kier alpha value is -3.32. The zero-order chi connectivity index (χ0) is 23.3. The van der Waals surface area contributed by atoms with E-state index in [0.717, 1.165) is 25.1 Å². The Kier molecular flexibility index (Phi) is 5.37. The summed E-state index contributed by atoms with van der Waals surface area (Å²) in [6.07, 6.45) is 1.48. The average Bonchev–Trinajstić information content (AvgIpc) is 2.79. The third-order valence-corrected chi connectivity index (χ3v) is 6.70.